The van der Waals surface area contributed by atoms with E-state index in [-0.39, 0.29) is 12.5 Å². The van der Waals surface area contributed by atoms with Gasteiger partial charge in [0.05, 0.1) is 7.11 Å². The fourth-order valence-corrected chi connectivity index (χ4v) is 1.58. The van der Waals surface area contributed by atoms with Crippen molar-refractivity contribution in [1.29, 1.82) is 5.41 Å². The average molecular weight is 241 g/mol. The van der Waals surface area contributed by atoms with Crippen LogP contribution in [0.3, 0.4) is 0 Å². The van der Waals surface area contributed by atoms with Gasteiger partial charge in [-0.25, -0.2) is 0 Å². The lowest BCUT2D eigenvalue weighted by atomic mass is 10.1. The smallest absolute Gasteiger partial charge is 0.219 e. The maximum atomic E-state index is 7.32. The second kappa shape index (κ2) is 5.87. The Labute approximate surface area is 106 Å². The normalized spacial score (nSPS) is 9.83. The SMILES string of the molecule is COC(=N)COc1ccc(-c2ccccc2)cc1. The summed E-state index contributed by atoms with van der Waals surface area (Å²) in [4.78, 5) is 0. The Balaban J connectivity index is 2.04. The molecule has 0 atom stereocenters. The van der Waals surface area contributed by atoms with Gasteiger partial charge >= 0.3 is 0 Å². The van der Waals surface area contributed by atoms with E-state index < -0.39 is 0 Å². The third-order valence-corrected chi connectivity index (χ3v) is 2.58. The van der Waals surface area contributed by atoms with Crippen molar-refractivity contribution >= 4 is 5.90 Å². The standard InChI is InChI=1S/C15H15NO2/c1-17-15(16)11-18-14-9-7-13(8-10-14)12-5-3-2-4-6-12/h2-10,16H,11H2,1H3. The van der Waals surface area contributed by atoms with Gasteiger partial charge in [-0.1, -0.05) is 42.5 Å². The second-order valence-corrected chi connectivity index (χ2v) is 3.81. The number of hydrogen-bond donors (Lipinski definition) is 1. The van der Waals surface area contributed by atoms with Crippen LogP contribution in [-0.4, -0.2) is 19.6 Å². The van der Waals surface area contributed by atoms with E-state index in [0.717, 1.165) is 11.3 Å². The molecule has 0 aliphatic rings. The summed E-state index contributed by atoms with van der Waals surface area (Å²) in [7, 11) is 1.46. The van der Waals surface area contributed by atoms with Crippen LogP contribution in [0.1, 0.15) is 0 Å². The zero-order valence-corrected chi connectivity index (χ0v) is 10.2. The molecule has 0 saturated carbocycles. The summed E-state index contributed by atoms with van der Waals surface area (Å²) < 4.78 is 10.1. The molecule has 2 aromatic rings. The lowest BCUT2D eigenvalue weighted by Gasteiger charge is -2.07. The van der Waals surface area contributed by atoms with Crippen molar-refractivity contribution in [3.8, 4) is 16.9 Å². The number of benzene rings is 2. The molecule has 0 aliphatic carbocycles. The summed E-state index contributed by atoms with van der Waals surface area (Å²) in [6.07, 6.45) is 0. The van der Waals surface area contributed by atoms with Crippen LogP contribution in [-0.2, 0) is 4.74 Å². The Kier molecular flexibility index (Phi) is 3.97. The number of nitrogens with one attached hydrogen (secondary N) is 1. The van der Waals surface area contributed by atoms with Crippen LogP contribution in [0.4, 0.5) is 0 Å². The van der Waals surface area contributed by atoms with Crippen LogP contribution in [0.5, 0.6) is 5.75 Å². The van der Waals surface area contributed by atoms with Gasteiger partial charge in [0.2, 0.25) is 5.90 Å². The molecule has 2 rings (SSSR count). The zero-order chi connectivity index (χ0) is 12.8. The highest BCUT2D eigenvalue weighted by atomic mass is 16.5. The Morgan fingerprint density at radius 3 is 2.17 bits per heavy atom. The largest absolute Gasteiger partial charge is 0.484 e. The van der Waals surface area contributed by atoms with Gasteiger partial charge in [-0.15, -0.1) is 0 Å². The van der Waals surface area contributed by atoms with E-state index in [9.17, 15) is 0 Å². The van der Waals surface area contributed by atoms with Gasteiger partial charge in [-0.3, -0.25) is 5.41 Å². The highest BCUT2D eigenvalue weighted by Crippen LogP contribution is 2.21. The van der Waals surface area contributed by atoms with Crippen molar-refractivity contribution in [1.82, 2.24) is 0 Å². The van der Waals surface area contributed by atoms with Crippen LogP contribution in [0.15, 0.2) is 54.6 Å². The quantitative estimate of drug-likeness (QED) is 0.658. The van der Waals surface area contributed by atoms with Crippen LogP contribution >= 0.6 is 0 Å². The van der Waals surface area contributed by atoms with Gasteiger partial charge in [-0.2, -0.15) is 0 Å². The molecule has 0 unspecified atom stereocenters. The second-order valence-electron chi connectivity index (χ2n) is 3.81. The summed E-state index contributed by atoms with van der Waals surface area (Å²) in [6.45, 7) is 0.154. The fraction of sp³-hybridized carbons (Fsp3) is 0.133. The monoisotopic (exact) mass is 241 g/mol. The molecule has 0 heterocycles. The molecule has 0 saturated heterocycles. The van der Waals surface area contributed by atoms with Crippen molar-refractivity contribution in [3.05, 3.63) is 54.6 Å². The molecule has 18 heavy (non-hydrogen) atoms. The lowest BCUT2D eigenvalue weighted by molar-refractivity contribution is 0.309. The van der Waals surface area contributed by atoms with Crippen molar-refractivity contribution in [2.45, 2.75) is 0 Å². The molecule has 0 radical (unpaired) electrons. The van der Waals surface area contributed by atoms with Crippen molar-refractivity contribution in [2.24, 2.45) is 0 Å². The minimum absolute atomic E-state index is 0.113. The average Bonchev–Trinajstić information content (AvgIpc) is 2.46. The van der Waals surface area contributed by atoms with Gasteiger partial charge in [0.25, 0.3) is 0 Å². The molecule has 0 amide bonds. The number of rotatable bonds is 4. The molecule has 0 spiro atoms. The number of hydrogen-bond acceptors (Lipinski definition) is 3. The summed E-state index contributed by atoms with van der Waals surface area (Å²) >= 11 is 0. The zero-order valence-electron chi connectivity index (χ0n) is 10.2. The minimum atomic E-state index is 0.113. The topological polar surface area (TPSA) is 42.3 Å². The molecular weight excluding hydrogens is 226 g/mol. The maximum absolute atomic E-state index is 7.32. The van der Waals surface area contributed by atoms with E-state index in [0.29, 0.717) is 0 Å². The molecule has 2 aromatic carbocycles. The van der Waals surface area contributed by atoms with Gasteiger partial charge in [0.1, 0.15) is 5.75 Å². The molecule has 92 valence electrons. The molecule has 0 aromatic heterocycles. The van der Waals surface area contributed by atoms with Crippen LogP contribution in [0, 0.1) is 5.41 Å². The van der Waals surface area contributed by atoms with Gasteiger partial charge < -0.3 is 9.47 Å². The highest BCUT2D eigenvalue weighted by molar-refractivity contribution is 5.74. The van der Waals surface area contributed by atoms with E-state index in [1.165, 1.54) is 12.7 Å². The first-order valence-corrected chi connectivity index (χ1v) is 5.69. The highest BCUT2D eigenvalue weighted by Gasteiger charge is 2.00. The van der Waals surface area contributed by atoms with E-state index in [2.05, 4.69) is 12.1 Å². The first kappa shape index (κ1) is 12.2. The third-order valence-electron chi connectivity index (χ3n) is 2.58. The number of methoxy groups -OCH3 is 1. The maximum Gasteiger partial charge on any atom is 0.219 e. The summed E-state index contributed by atoms with van der Waals surface area (Å²) in [6, 6.07) is 17.9. The predicted molar refractivity (Wildman–Crippen MR) is 72.1 cm³/mol. The summed E-state index contributed by atoms with van der Waals surface area (Å²) in [5.74, 6) is 0.846. The van der Waals surface area contributed by atoms with Crippen molar-refractivity contribution in [3.63, 3.8) is 0 Å². The van der Waals surface area contributed by atoms with Crippen LogP contribution < -0.4 is 4.74 Å². The summed E-state index contributed by atoms with van der Waals surface area (Å²) in [5.41, 5.74) is 2.32. The molecule has 3 heteroatoms. The lowest BCUT2D eigenvalue weighted by Crippen LogP contribution is -2.11. The van der Waals surface area contributed by atoms with E-state index in [4.69, 9.17) is 14.9 Å². The van der Waals surface area contributed by atoms with Crippen LogP contribution in [0.25, 0.3) is 11.1 Å². The first-order chi connectivity index (χ1) is 8.79. The Bertz CT molecular complexity index is 506. The van der Waals surface area contributed by atoms with Gasteiger partial charge in [-0.05, 0) is 23.3 Å². The van der Waals surface area contributed by atoms with Gasteiger partial charge in [0.15, 0.2) is 6.61 Å². The van der Waals surface area contributed by atoms with E-state index in [1.54, 1.807) is 0 Å². The first-order valence-electron chi connectivity index (χ1n) is 5.69. The fourth-order valence-electron chi connectivity index (χ4n) is 1.58. The molecule has 1 N–H and O–H groups in total. The Morgan fingerprint density at radius 2 is 1.56 bits per heavy atom. The van der Waals surface area contributed by atoms with Crippen molar-refractivity contribution in [2.75, 3.05) is 13.7 Å². The molecule has 0 fully saturated rings. The van der Waals surface area contributed by atoms with E-state index in [1.807, 2.05) is 42.5 Å². The molecule has 3 nitrogen and oxygen atoms in total. The Morgan fingerprint density at radius 1 is 0.944 bits per heavy atom. The molecule has 0 aliphatic heterocycles. The molecule has 0 bridgehead atoms. The van der Waals surface area contributed by atoms with Gasteiger partial charge in [0, 0.05) is 0 Å². The summed E-state index contributed by atoms with van der Waals surface area (Å²) in [5, 5.41) is 7.32. The van der Waals surface area contributed by atoms with E-state index >= 15 is 0 Å². The Hall–Kier alpha value is -2.29. The molecular formula is C15H15NO2. The third kappa shape index (κ3) is 3.10. The predicted octanol–water partition coefficient (Wildman–Crippen LogP) is 3.36. The number of ether oxygens (including phenoxy) is 2. The van der Waals surface area contributed by atoms with Crippen LogP contribution in [0.2, 0.25) is 0 Å². The minimum Gasteiger partial charge on any atom is -0.484 e. The van der Waals surface area contributed by atoms with Crippen molar-refractivity contribution < 1.29 is 9.47 Å².